The van der Waals surface area contributed by atoms with Gasteiger partial charge in [0.25, 0.3) is 5.69 Å². The molecule has 0 atom stereocenters. The summed E-state index contributed by atoms with van der Waals surface area (Å²) in [7, 11) is 1.95. The monoisotopic (exact) mass is 274 g/mol. The Hall–Kier alpha value is -2.13. The normalized spacial score (nSPS) is 15.9. The highest BCUT2D eigenvalue weighted by molar-refractivity contribution is 5.63. The first kappa shape index (κ1) is 14.3. The Morgan fingerprint density at radius 2 is 2.20 bits per heavy atom. The summed E-state index contributed by atoms with van der Waals surface area (Å²) < 4.78 is 0. The van der Waals surface area contributed by atoms with Crippen molar-refractivity contribution in [3.05, 3.63) is 33.9 Å². The molecular formula is C14H18N4O2. The Morgan fingerprint density at radius 1 is 1.50 bits per heavy atom. The fraction of sp³-hybridized carbons (Fsp3) is 0.500. The maximum absolute atomic E-state index is 10.7. The van der Waals surface area contributed by atoms with E-state index in [0.29, 0.717) is 11.5 Å². The zero-order chi connectivity index (χ0) is 14.5. The summed E-state index contributed by atoms with van der Waals surface area (Å²) in [5.41, 5.74) is 1.16. The smallest absolute Gasteiger partial charge is 0.270 e. The molecule has 1 fully saturated rings. The Kier molecular flexibility index (Phi) is 4.53. The molecule has 0 amide bonds. The summed E-state index contributed by atoms with van der Waals surface area (Å²) in [5.74, 6) is 0.667. The van der Waals surface area contributed by atoms with Crippen LogP contribution in [0.3, 0.4) is 0 Å². The maximum Gasteiger partial charge on any atom is 0.270 e. The number of nitro groups is 1. The minimum atomic E-state index is -0.468. The largest absolute Gasteiger partial charge is 0.370 e. The molecule has 0 bridgehead atoms. The van der Waals surface area contributed by atoms with Crippen LogP contribution in [0.5, 0.6) is 0 Å². The van der Waals surface area contributed by atoms with Gasteiger partial charge in [0, 0.05) is 25.2 Å². The van der Waals surface area contributed by atoms with Crippen molar-refractivity contribution in [3.63, 3.8) is 0 Å². The average molecular weight is 274 g/mol. The lowest BCUT2D eigenvalue weighted by molar-refractivity contribution is -0.384. The molecular weight excluding hydrogens is 256 g/mol. The number of benzene rings is 1. The minimum Gasteiger partial charge on any atom is -0.370 e. The first-order valence-electron chi connectivity index (χ1n) is 6.73. The van der Waals surface area contributed by atoms with E-state index < -0.39 is 4.92 Å². The van der Waals surface area contributed by atoms with Crippen LogP contribution >= 0.6 is 0 Å². The van der Waals surface area contributed by atoms with Crippen molar-refractivity contribution in [2.45, 2.75) is 12.8 Å². The van der Waals surface area contributed by atoms with E-state index in [1.165, 1.54) is 12.1 Å². The van der Waals surface area contributed by atoms with Gasteiger partial charge in [-0.25, -0.2) is 0 Å². The van der Waals surface area contributed by atoms with Crippen LogP contribution in [0, 0.1) is 27.4 Å². The van der Waals surface area contributed by atoms with E-state index in [2.05, 4.69) is 16.3 Å². The van der Waals surface area contributed by atoms with Crippen molar-refractivity contribution in [3.8, 4) is 6.07 Å². The lowest BCUT2D eigenvalue weighted by atomic mass is 9.96. The molecule has 1 heterocycles. The first-order chi connectivity index (χ1) is 9.65. The van der Waals surface area contributed by atoms with Crippen molar-refractivity contribution in [1.29, 1.82) is 5.26 Å². The highest BCUT2D eigenvalue weighted by Crippen LogP contribution is 2.28. The van der Waals surface area contributed by atoms with Gasteiger partial charge in [-0.3, -0.25) is 10.1 Å². The van der Waals surface area contributed by atoms with Crippen molar-refractivity contribution in [2.24, 2.45) is 5.92 Å². The molecule has 1 aliphatic heterocycles. The number of hydrogen-bond donors (Lipinski definition) is 1. The zero-order valence-electron chi connectivity index (χ0n) is 11.5. The molecule has 1 N–H and O–H groups in total. The van der Waals surface area contributed by atoms with Crippen molar-refractivity contribution in [2.75, 3.05) is 31.6 Å². The standard InChI is InChI=1S/C14H18N4O2/c1-16-10-11-4-6-17(7-5-11)14-3-2-13(18(19)20)8-12(14)9-15/h2-3,8,11,16H,4-7,10H2,1H3. The van der Waals surface area contributed by atoms with Gasteiger partial charge in [0.15, 0.2) is 0 Å². The molecule has 0 spiro atoms. The van der Waals surface area contributed by atoms with Crippen LogP contribution in [0.1, 0.15) is 18.4 Å². The molecule has 20 heavy (non-hydrogen) atoms. The third-order valence-electron chi connectivity index (χ3n) is 3.76. The van der Waals surface area contributed by atoms with E-state index in [1.54, 1.807) is 6.07 Å². The van der Waals surface area contributed by atoms with Gasteiger partial charge in [-0.05, 0) is 38.4 Å². The summed E-state index contributed by atoms with van der Waals surface area (Å²) in [6.45, 7) is 2.79. The van der Waals surface area contributed by atoms with Crippen LogP contribution in [0.15, 0.2) is 18.2 Å². The molecule has 1 aromatic rings. The Balaban J connectivity index is 2.14. The van der Waals surface area contributed by atoms with Gasteiger partial charge in [0.05, 0.1) is 16.2 Å². The van der Waals surface area contributed by atoms with Crippen molar-refractivity contribution in [1.82, 2.24) is 5.32 Å². The van der Waals surface area contributed by atoms with Crippen LogP contribution in [0.25, 0.3) is 0 Å². The van der Waals surface area contributed by atoms with Crippen LogP contribution < -0.4 is 10.2 Å². The molecule has 0 unspecified atom stereocenters. The Morgan fingerprint density at radius 3 is 2.75 bits per heavy atom. The maximum atomic E-state index is 10.7. The van der Waals surface area contributed by atoms with E-state index in [0.717, 1.165) is 38.2 Å². The number of nitrogens with zero attached hydrogens (tertiary/aromatic N) is 3. The molecule has 6 heteroatoms. The number of piperidine rings is 1. The number of anilines is 1. The van der Waals surface area contributed by atoms with Gasteiger partial charge in [0.1, 0.15) is 6.07 Å². The molecule has 1 aliphatic rings. The van der Waals surface area contributed by atoms with Gasteiger partial charge in [-0.1, -0.05) is 0 Å². The van der Waals surface area contributed by atoms with Crippen molar-refractivity contribution >= 4 is 11.4 Å². The van der Waals surface area contributed by atoms with Gasteiger partial charge < -0.3 is 10.2 Å². The summed E-state index contributed by atoms with van der Waals surface area (Å²) >= 11 is 0. The molecule has 0 aromatic heterocycles. The molecule has 2 rings (SSSR count). The minimum absolute atomic E-state index is 0.0321. The number of non-ortho nitro benzene ring substituents is 1. The van der Waals surface area contributed by atoms with E-state index >= 15 is 0 Å². The van der Waals surface area contributed by atoms with Gasteiger partial charge >= 0.3 is 0 Å². The highest BCUT2D eigenvalue weighted by Gasteiger charge is 2.21. The predicted octanol–water partition coefficient (Wildman–Crippen LogP) is 1.90. The fourth-order valence-corrected chi connectivity index (χ4v) is 2.67. The molecule has 1 aromatic carbocycles. The van der Waals surface area contributed by atoms with E-state index in [4.69, 9.17) is 0 Å². The topological polar surface area (TPSA) is 82.2 Å². The summed E-state index contributed by atoms with van der Waals surface area (Å²) in [6, 6.07) is 6.58. The van der Waals surface area contributed by atoms with E-state index in [9.17, 15) is 15.4 Å². The summed E-state index contributed by atoms with van der Waals surface area (Å²) in [6.07, 6.45) is 2.14. The Labute approximate surface area is 118 Å². The van der Waals surface area contributed by atoms with Crippen LogP contribution in [0.2, 0.25) is 0 Å². The lowest BCUT2D eigenvalue weighted by Gasteiger charge is -2.34. The second-order valence-corrected chi connectivity index (χ2v) is 5.06. The zero-order valence-corrected chi connectivity index (χ0v) is 11.5. The quantitative estimate of drug-likeness (QED) is 0.670. The molecule has 106 valence electrons. The SMILES string of the molecule is CNCC1CCN(c2ccc([N+](=O)[O-])cc2C#N)CC1. The number of nitrogens with one attached hydrogen (secondary N) is 1. The third kappa shape index (κ3) is 3.06. The summed E-state index contributed by atoms with van der Waals surface area (Å²) in [5, 5.41) is 23.1. The van der Waals surface area contributed by atoms with Crippen LogP contribution in [0.4, 0.5) is 11.4 Å². The number of nitro benzene ring substituents is 1. The number of rotatable bonds is 4. The molecule has 0 saturated carbocycles. The van der Waals surface area contributed by atoms with Crippen LogP contribution in [-0.4, -0.2) is 31.6 Å². The number of hydrogen-bond acceptors (Lipinski definition) is 5. The average Bonchev–Trinajstić information content (AvgIpc) is 2.47. The van der Waals surface area contributed by atoms with Gasteiger partial charge in [0.2, 0.25) is 0 Å². The second-order valence-electron chi connectivity index (χ2n) is 5.06. The van der Waals surface area contributed by atoms with E-state index in [-0.39, 0.29) is 5.69 Å². The first-order valence-corrected chi connectivity index (χ1v) is 6.73. The fourth-order valence-electron chi connectivity index (χ4n) is 2.67. The van der Waals surface area contributed by atoms with E-state index in [1.807, 2.05) is 7.05 Å². The van der Waals surface area contributed by atoms with Crippen molar-refractivity contribution < 1.29 is 4.92 Å². The lowest BCUT2D eigenvalue weighted by Crippen LogP contribution is -2.37. The predicted molar refractivity (Wildman–Crippen MR) is 76.7 cm³/mol. The van der Waals surface area contributed by atoms with Crippen LogP contribution in [-0.2, 0) is 0 Å². The Bertz CT molecular complexity index is 530. The number of nitriles is 1. The molecule has 0 radical (unpaired) electrons. The molecule has 6 nitrogen and oxygen atoms in total. The molecule has 0 aliphatic carbocycles. The second kappa shape index (κ2) is 6.35. The van der Waals surface area contributed by atoms with Gasteiger partial charge in [-0.2, -0.15) is 5.26 Å². The van der Waals surface area contributed by atoms with Gasteiger partial charge in [-0.15, -0.1) is 0 Å². The third-order valence-corrected chi connectivity index (χ3v) is 3.76. The highest BCUT2D eigenvalue weighted by atomic mass is 16.6. The summed E-state index contributed by atoms with van der Waals surface area (Å²) in [4.78, 5) is 12.4. The molecule has 1 saturated heterocycles.